The molecule has 1 aromatic rings. The summed E-state index contributed by atoms with van der Waals surface area (Å²) in [6, 6.07) is 3.42. The highest BCUT2D eigenvalue weighted by molar-refractivity contribution is 7.88. The van der Waals surface area contributed by atoms with Crippen molar-refractivity contribution in [2.45, 2.75) is 64.0 Å². The van der Waals surface area contributed by atoms with Crippen LogP contribution in [0.4, 0.5) is 0 Å². The maximum atomic E-state index is 12.3. The maximum Gasteiger partial charge on any atom is 0.266 e. The van der Waals surface area contributed by atoms with Crippen molar-refractivity contribution >= 4 is 10.0 Å². The lowest BCUT2D eigenvalue weighted by Gasteiger charge is -2.42. The Morgan fingerprint density at radius 1 is 1.20 bits per heavy atom. The second-order valence-corrected chi connectivity index (χ2v) is 12.1. The maximum absolute atomic E-state index is 12.3. The molecule has 2 aliphatic heterocycles. The van der Waals surface area contributed by atoms with E-state index < -0.39 is 15.6 Å². The van der Waals surface area contributed by atoms with Crippen LogP contribution in [0.2, 0.25) is 0 Å². The summed E-state index contributed by atoms with van der Waals surface area (Å²) < 4.78 is 26.7. The summed E-state index contributed by atoms with van der Waals surface area (Å²) in [7, 11) is -3.28. The third-order valence-electron chi connectivity index (χ3n) is 6.28. The van der Waals surface area contributed by atoms with E-state index in [1.807, 2.05) is 6.07 Å². The Kier molecular flexibility index (Phi) is 6.77. The van der Waals surface area contributed by atoms with Gasteiger partial charge in [-0.25, -0.2) is 13.1 Å². The molecule has 30 heavy (non-hydrogen) atoms. The summed E-state index contributed by atoms with van der Waals surface area (Å²) >= 11 is 0. The molecular weight excluding hydrogens is 404 g/mol. The first-order valence-electron chi connectivity index (χ1n) is 10.8. The molecule has 2 saturated heterocycles. The van der Waals surface area contributed by atoms with E-state index in [1.54, 1.807) is 10.7 Å². The molecule has 170 valence electrons. The molecule has 0 radical (unpaired) electrons. The number of aromatic nitrogens is 2. The van der Waals surface area contributed by atoms with Crippen LogP contribution in [-0.2, 0) is 22.0 Å². The van der Waals surface area contributed by atoms with Crippen molar-refractivity contribution in [1.29, 1.82) is 0 Å². The monoisotopic (exact) mass is 440 g/mol. The highest BCUT2D eigenvalue weighted by Gasteiger charge is 2.38. The Balaban J connectivity index is 1.56. The lowest BCUT2D eigenvalue weighted by Crippen LogP contribution is -2.56. The minimum Gasteiger partial charge on any atom is -0.387 e. The fraction of sp³-hybridized carbons (Fsp3) is 0.810. The van der Waals surface area contributed by atoms with Gasteiger partial charge >= 0.3 is 0 Å². The molecular formula is C21H36N4O4S. The number of aliphatic hydroxyl groups is 1. The van der Waals surface area contributed by atoms with E-state index in [2.05, 4.69) is 30.8 Å². The van der Waals surface area contributed by atoms with Gasteiger partial charge in [-0.2, -0.15) is 9.40 Å². The van der Waals surface area contributed by atoms with Crippen LogP contribution < -0.4 is 5.56 Å². The van der Waals surface area contributed by atoms with Gasteiger partial charge in [0, 0.05) is 37.7 Å². The van der Waals surface area contributed by atoms with Gasteiger partial charge in [0.05, 0.1) is 17.6 Å². The van der Waals surface area contributed by atoms with E-state index in [0.29, 0.717) is 38.4 Å². The normalized spacial score (nSPS) is 25.5. The van der Waals surface area contributed by atoms with Crippen LogP contribution in [0.1, 0.15) is 52.1 Å². The van der Waals surface area contributed by atoms with E-state index >= 15 is 0 Å². The number of likely N-dealkylation sites (tertiary alicyclic amines) is 1. The molecule has 0 aromatic carbocycles. The third kappa shape index (κ3) is 5.90. The Hall–Kier alpha value is -1.29. The smallest absolute Gasteiger partial charge is 0.266 e. The van der Waals surface area contributed by atoms with Crippen LogP contribution in [0.3, 0.4) is 0 Å². The van der Waals surface area contributed by atoms with Crippen molar-refractivity contribution in [1.82, 2.24) is 19.0 Å². The fourth-order valence-corrected chi connectivity index (χ4v) is 5.39. The number of β-amino-alcohol motifs (C(OH)–C–C–N with tert-alkyl or cyclic N) is 1. The predicted molar refractivity (Wildman–Crippen MR) is 117 cm³/mol. The van der Waals surface area contributed by atoms with E-state index in [-0.39, 0.29) is 17.5 Å². The summed E-state index contributed by atoms with van der Waals surface area (Å²) in [5.41, 5.74) is -0.251. The number of sulfonamides is 1. The molecule has 3 rings (SSSR count). The van der Waals surface area contributed by atoms with Crippen LogP contribution in [0.25, 0.3) is 0 Å². The molecule has 0 saturated carbocycles. The number of hydrogen-bond donors (Lipinski definition) is 1. The van der Waals surface area contributed by atoms with E-state index in [4.69, 9.17) is 0 Å². The first kappa shape index (κ1) is 23.4. The zero-order chi connectivity index (χ0) is 22.2. The lowest BCUT2D eigenvalue weighted by atomic mass is 9.91. The van der Waals surface area contributed by atoms with Crippen molar-refractivity contribution in [3.05, 3.63) is 28.2 Å². The van der Waals surface area contributed by atoms with Gasteiger partial charge in [-0.05, 0) is 50.8 Å². The van der Waals surface area contributed by atoms with Crippen LogP contribution in [-0.4, -0.2) is 77.1 Å². The van der Waals surface area contributed by atoms with Gasteiger partial charge < -0.3 is 10.0 Å². The Morgan fingerprint density at radius 3 is 2.47 bits per heavy atom. The van der Waals surface area contributed by atoms with Gasteiger partial charge in [-0.15, -0.1) is 0 Å². The molecule has 1 N–H and O–H groups in total. The standard InChI is InChI=1S/C21H36N4O4S/c1-20(2,3)18-6-7-19(26)25(22-18)14-17-8-12-23(13-9-17)15-21(27)10-5-11-24(16-21)30(4,28)29/h6-7,17,27H,5,8-16H2,1-4H3. The van der Waals surface area contributed by atoms with Crippen LogP contribution in [0.15, 0.2) is 16.9 Å². The van der Waals surface area contributed by atoms with Gasteiger partial charge in [0.15, 0.2) is 0 Å². The Labute approximate surface area is 179 Å². The molecule has 1 atom stereocenters. The summed E-state index contributed by atoms with van der Waals surface area (Å²) in [6.45, 7) is 9.69. The quantitative estimate of drug-likeness (QED) is 0.735. The van der Waals surface area contributed by atoms with Gasteiger partial charge in [0.25, 0.3) is 5.56 Å². The highest BCUT2D eigenvalue weighted by Crippen LogP contribution is 2.27. The number of rotatable bonds is 5. The zero-order valence-corrected chi connectivity index (χ0v) is 19.5. The Morgan fingerprint density at radius 2 is 1.87 bits per heavy atom. The molecule has 1 unspecified atom stereocenters. The van der Waals surface area contributed by atoms with Crippen LogP contribution in [0.5, 0.6) is 0 Å². The second kappa shape index (κ2) is 8.68. The number of piperidine rings is 2. The van der Waals surface area contributed by atoms with Gasteiger partial charge in [-0.1, -0.05) is 20.8 Å². The number of hydrogen-bond acceptors (Lipinski definition) is 6. The molecule has 0 spiro atoms. The molecule has 1 aromatic heterocycles. The van der Waals surface area contributed by atoms with Gasteiger partial charge in [0.1, 0.15) is 0 Å². The van der Waals surface area contributed by atoms with Crippen molar-refractivity contribution in [3.63, 3.8) is 0 Å². The minimum atomic E-state index is -3.28. The van der Waals surface area contributed by atoms with Gasteiger partial charge in [-0.3, -0.25) is 4.79 Å². The predicted octanol–water partition coefficient (Wildman–Crippen LogP) is 1.04. The third-order valence-corrected chi connectivity index (χ3v) is 7.53. The lowest BCUT2D eigenvalue weighted by molar-refractivity contribution is -0.0409. The minimum absolute atomic E-state index is 0.0668. The molecule has 3 heterocycles. The SMILES string of the molecule is CC(C)(C)c1ccc(=O)n(CC2CCN(CC3(O)CCCN(S(C)(=O)=O)C3)CC2)n1. The van der Waals surface area contributed by atoms with Crippen molar-refractivity contribution in [2.24, 2.45) is 5.92 Å². The molecule has 8 nitrogen and oxygen atoms in total. The number of nitrogens with zero attached hydrogens (tertiary/aromatic N) is 4. The summed E-state index contributed by atoms with van der Waals surface area (Å²) in [5, 5.41) is 15.6. The van der Waals surface area contributed by atoms with Crippen LogP contribution >= 0.6 is 0 Å². The molecule has 2 fully saturated rings. The van der Waals surface area contributed by atoms with E-state index in [0.717, 1.165) is 31.6 Å². The van der Waals surface area contributed by atoms with Gasteiger partial charge in [0.2, 0.25) is 10.0 Å². The summed E-state index contributed by atoms with van der Waals surface area (Å²) in [6.07, 6.45) is 4.37. The molecule has 0 amide bonds. The molecule has 2 aliphatic rings. The van der Waals surface area contributed by atoms with Crippen molar-refractivity contribution in [2.75, 3.05) is 39.0 Å². The summed E-state index contributed by atoms with van der Waals surface area (Å²) in [5.74, 6) is 0.371. The van der Waals surface area contributed by atoms with Crippen molar-refractivity contribution in [3.8, 4) is 0 Å². The molecule has 0 bridgehead atoms. The molecule has 9 heteroatoms. The second-order valence-electron chi connectivity index (χ2n) is 10.1. The largest absolute Gasteiger partial charge is 0.387 e. The average Bonchev–Trinajstić information content (AvgIpc) is 2.63. The first-order chi connectivity index (χ1) is 13.9. The average molecular weight is 441 g/mol. The van der Waals surface area contributed by atoms with E-state index in [1.165, 1.54) is 10.6 Å². The first-order valence-corrected chi connectivity index (χ1v) is 12.7. The molecule has 0 aliphatic carbocycles. The van der Waals surface area contributed by atoms with Crippen LogP contribution in [0, 0.1) is 5.92 Å². The Bertz CT molecular complexity index is 900. The van der Waals surface area contributed by atoms with E-state index in [9.17, 15) is 18.3 Å². The zero-order valence-electron chi connectivity index (χ0n) is 18.7. The van der Waals surface area contributed by atoms with Crippen molar-refractivity contribution < 1.29 is 13.5 Å². The highest BCUT2D eigenvalue weighted by atomic mass is 32.2. The topological polar surface area (TPSA) is 95.7 Å². The summed E-state index contributed by atoms with van der Waals surface area (Å²) in [4.78, 5) is 14.5. The fourth-order valence-electron chi connectivity index (χ4n) is 4.45.